The van der Waals surface area contributed by atoms with Crippen molar-refractivity contribution in [3.8, 4) is 11.8 Å². The molecular formula is C12H10N4O2. The van der Waals surface area contributed by atoms with E-state index in [1.807, 2.05) is 13.0 Å². The molecule has 1 aromatic heterocycles. The highest BCUT2D eigenvalue weighted by Crippen LogP contribution is 2.21. The maximum absolute atomic E-state index is 10.7. The van der Waals surface area contributed by atoms with Gasteiger partial charge in [0, 0.05) is 30.9 Å². The number of aryl methyl sites for hydroxylation is 1. The van der Waals surface area contributed by atoms with Crippen molar-refractivity contribution in [3.63, 3.8) is 0 Å². The minimum atomic E-state index is -0.515. The molecule has 0 saturated carbocycles. The molecule has 0 atom stereocenters. The van der Waals surface area contributed by atoms with E-state index < -0.39 is 4.92 Å². The van der Waals surface area contributed by atoms with Gasteiger partial charge in [-0.05, 0) is 6.07 Å². The number of nitrogens with zero attached hydrogens (tertiary/aromatic N) is 4. The summed E-state index contributed by atoms with van der Waals surface area (Å²) in [5, 5.41) is 19.7. The van der Waals surface area contributed by atoms with Gasteiger partial charge in [-0.15, -0.1) is 0 Å². The Morgan fingerprint density at radius 1 is 1.56 bits per heavy atom. The maximum atomic E-state index is 10.7. The predicted octanol–water partition coefficient (Wildman–Crippen LogP) is 2.21. The van der Waals surface area contributed by atoms with E-state index >= 15 is 0 Å². The molecule has 1 aromatic carbocycles. The molecule has 0 spiro atoms. The van der Waals surface area contributed by atoms with Crippen LogP contribution in [0.15, 0.2) is 30.6 Å². The fraction of sp³-hybridized carbons (Fsp3) is 0.167. The second kappa shape index (κ2) is 4.67. The monoisotopic (exact) mass is 242 g/mol. The van der Waals surface area contributed by atoms with Crippen LogP contribution in [-0.2, 0) is 6.42 Å². The molecule has 0 amide bonds. The third-order valence-electron chi connectivity index (χ3n) is 2.60. The molecule has 0 radical (unpaired) electrons. The first-order chi connectivity index (χ1) is 8.67. The Hall–Kier alpha value is -2.68. The van der Waals surface area contributed by atoms with E-state index in [1.54, 1.807) is 23.0 Å². The van der Waals surface area contributed by atoms with Crippen LogP contribution in [0.3, 0.4) is 0 Å². The summed E-state index contributed by atoms with van der Waals surface area (Å²) in [5.41, 5.74) is 0.780. The first-order valence-electron chi connectivity index (χ1n) is 5.38. The third kappa shape index (κ3) is 1.94. The fourth-order valence-corrected chi connectivity index (χ4v) is 1.75. The van der Waals surface area contributed by atoms with Gasteiger partial charge in [-0.3, -0.25) is 10.1 Å². The van der Waals surface area contributed by atoms with Crippen molar-refractivity contribution in [2.24, 2.45) is 0 Å². The summed E-state index contributed by atoms with van der Waals surface area (Å²) in [4.78, 5) is 14.3. The van der Waals surface area contributed by atoms with Gasteiger partial charge in [0.1, 0.15) is 11.9 Å². The predicted molar refractivity (Wildman–Crippen MR) is 64.3 cm³/mol. The van der Waals surface area contributed by atoms with E-state index in [1.165, 1.54) is 12.1 Å². The number of benzene rings is 1. The molecule has 1 heterocycles. The molecule has 0 unspecified atom stereocenters. The van der Waals surface area contributed by atoms with E-state index in [0.717, 1.165) is 12.2 Å². The molecule has 0 saturated heterocycles. The SMILES string of the molecule is CCc1nccn1-c1ccc([N+](=O)[O-])cc1C#N. The standard InChI is InChI=1S/C12H10N4O2/c1-2-12-14-5-6-15(12)11-4-3-10(16(17)18)7-9(11)8-13/h3-7H,2H2,1H3. The summed E-state index contributed by atoms with van der Waals surface area (Å²) in [7, 11) is 0. The number of hydrogen-bond donors (Lipinski definition) is 0. The molecule has 18 heavy (non-hydrogen) atoms. The largest absolute Gasteiger partial charge is 0.302 e. The number of nitriles is 1. The fourth-order valence-electron chi connectivity index (χ4n) is 1.75. The first-order valence-corrected chi connectivity index (χ1v) is 5.38. The summed E-state index contributed by atoms with van der Waals surface area (Å²) < 4.78 is 1.77. The summed E-state index contributed by atoms with van der Waals surface area (Å²) in [6, 6.07) is 6.20. The Morgan fingerprint density at radius 2 is 2.33 bits per heavy atom. The van der Waals surface area contributed by atoms with Crippen LogP contribution in [0.1, 0.15) is 18.3 Å². The van der Waals surface area contributed by atoms with Gasteiger partial charge in [-0.1, -0.05) is 6.92 Å². The van der Waals surface area contributed by atoms with E-state index in [9.17, 15) is 10.1 Å². The normalized spacial score (nSPS) is 10.0. The van der Waals surface area contributed by atoms with Gasteiger partial charge < -0.3 is 4.57 Å². The van der Waals surface area contributed by atoms with Crippen molar-refractivity contribution in [2.45, 2.75) is 13.3 Å². The molecule has 2 aromatic rings. The highest BCUT2D eigenvalue weighted by Gasteiger charge is 2.13. The van der Waals surface area contributed by atoms with Gasteiger partial charge in [-0.25, -0.2) is 4.98 Å². The van der Waals surface area contributed by atoms with Gasteiger partial charge in [0.15, 0.2) is 0 Å². The number of nitro benzene ring substituents is 1. The van der Waals surface area contributed by atoms with Crippen LogP contribution in [0.25, 0.3) is 5.69 Å². The lowest BCUT2D eigenvalue weighted by Crippen LogP contribution is -2.02. The van der Waals surface area contributed by atoms with Gasteiger partial charge in [-0.2, -0.15) is 5.26 Å². The smallest absolute Gasteiger partial charge is 0.270 e. The first kappa shape index (κ1) is 11.8. The molecular weight excluding hydrogens is 232 g/mol. The van der Waals surface area contributed by atoms with Crippen molar-refractivity contribution in [1.82, 2.24) is 9.55 Å². The lowest BCUT2D eigenvalue weighted by atomic mass is 10.1. The summed E-state index contributed by atoms with van der Waals surface area (Å²) >= 11 is 0. The molecule has 0 aliphatic rings. The number of nitro groups is 1. The second-order valence-corrected chi connectivity index (χ2v) is 3.64. The maximum Gasteiger partial charge on any atom is 0.270 e. The van der Waals surface area contributed by atoms with Crippen molar-refractivity contribution < 1.29 is 4.92 Å². The van der Waals surface area contributed by atoms with Crippen LogP contribution in [0.5, 0.6) is 0 Å². The molecule has 90 valence electrons. The van der Waals surface area contributed by atoms with Crippen LogP contribution in [0.2, 0.25) is 0 Å². The summed E-state index contributed by atoms with van der Waals surface area (Å²) in [6.07, 6.45) is 4.09. The lowest BCUT2D eigenvalue weighted by Gasteiger charge is -2.08. The number of rotatable bonds is 3. The van der Waals surface area contributed by atoms with Gasteiger partial charge >= 0.3 is 0 Å². The minimum Gasteiger partial charge on any atom is -0.302 e. The van der Waals surface area contributed by atoms with Crippen molar-refractivity contribution in [1.29, 1.82) is 5.26 Å². The van der Waals surface area contributed by atoms with E-state index in [0.29, 0.717) is 5.69 Å². The zero-order valence-corrected chi connectivity index (χ0v) is 9.70. The molecule has 0 bridgehead atoms. The zero-order valence-electron chi connectivity index (χ0n) is 9.70. The molecule has 0 N–H and O–H groups in total. The van der Waals surface area contributed by atoms with Gasteiger partial charge in [0.05, 0.1) is 16.2 Å². The minimum absolute atomic E-state index is 0.0894. The van der Waals surface area contributed by atoms with Crippen LogP contribution >= 0.6 is 0 Å². The van der Waals surface area contributed by atoms with Gasteiger partial charge in [0.25, 0.3) is 5.69 Å². The Morgan fingerprint density at radius 3 is 2.94 bits per heavy atom. The molecule has 2 rings (SSSR count). The second-order valence-electron chi connectivity index (χ2n) is 3.64. The summed E-state index contributed by atoms with van der Waals surface area (Å²) in [6.45, 7) is 1.95. The third-order valence-corrected chi connectivity index (χ3v) is 2.60. The Kier molecular flexibility index (Phi) is 3.06. The van der Waals surface area contributed by atoms with Crippen molar-refractivity contribution >= 4 is 5.69 Å². The Balaban J connectivity index is 2.59. The number of aromatic nitrogens is 2. The van der Waals surface area contributed by atoms with Crippen LogP contribution in [0, 0.1) is 21.4 Å². The van der Waals surface area contributed by atoms with E-state index in [4.69, 9.17) is 5.26 Å². The average molecular weight is 242 g/mol. The van der Waals surface area contributed by atoms with E-state index in [2.05, 4.69) is 4.98 Å². The molecule has 0 fully saturated rings. The highest BCUT2D eigenvalue weighted by atomic mass is 16.6. The highest BCUT2D eigenvalue weighted by molar-refractivity contribution is 5.54. The average Bonchev–Trinajstić information content (AvgIpc) is 2.85. The molecule has 6 heteroatoms. The van der Waals surface area contributed by atoms with Crippen LogP contribution in [-0.4, -0.2) is 14.5 Å². The van der Waals surface area contributed by atoms with Crippen LogP contribution in [0.4, 0.5) is 5.69 Å². The Bertz CT molecular complexity index is 640. The molecule has 0 aliphatic carbocycles. The van der Waals surface area contributed by atoms with Gasteiger partial charge in [0.2, 0.25) is 0 Å². The van der Waals surface area contributed by atoms with Crippen molar-refractivity contribution in [2.75, 3.05) is 0 Å². The summed E-state index contributed by atoms with van der Waals surface area (Å²) in [5.74, 6) is 0.806. The van der Waals surface area contributed by atoms with Crippen LogP contribution < -0.4 is 0 Å². The molecule has 0 aliphatic heterocycles. The number of imidazole rings is 1. The number of non-ortho nitro benzene ring substituents is 1. The number of hydrogen-bond acceptors (Lipinski definition) is 4. The quantitative estimate of drug-likeness (QED) is 0.610. The molecule has 6 nitrogen and oxygen atoms in total. The Labute approximate surface area is 103 Å². The van der Waals surface area contributed by atoms with E-state index in [-0.39, 0.29) is 11.3 Å². The topological polar surface area (TPSA) is 84.8 Å². The lowest BCUT2D eigenvalue weighted by molar-refractivity contribution is -0.384. The van der Waals surface area contributed by atoms with Crippen molar-refractivity contribution in [3.05, 3.63) is 52.1 Å². The zero-order chi connectivity index (χ0) is 13.1.